The predicted octanol–water partition coefficient (Wildman–Crippen LogP) is 4.28. The van der Waals surface area contributed by atoms with Crippen LogP contribution in [0.3, 0.4) is 0 Å². The summed E-state index contributed by atoms with van der Waals surface area (Å²) in [6.45, 7) is 4.48. The molecule has 0 saturated heterocycles. The number of ether oxygens (including phenoxy) is 1. The number of carbonyl (C=O) groups is 1. The number of amides is 1. The lowest BCUT2D eigenvalue weighted by atomic mass is 10.2. The van der Waals surface area contributed by atoms with Gasteiger partial charge in [-0.2, -0.15) is 0 Å². The van der Waals surface area contributed by atoms with Crippen LogP contribution in [0.1, 0.15) is 29.9 Å². The lowest BCUT2D eigenvalue weighted by Crippen LogP contribution is -2.27. The van der Waals surface area contributed by atoms with E-state index in [1.807, 2.05) is 68.4 Å². The molecule has 1 aromatic heterocycles. The summed E-state index contributed by atoms with van der Waals surface area (Å²) in [4.78, 5) is 22.9. The van der Waals surface area contributed by atoms with Crippen LogP contribution in [0.2, 0.25) is 0 Å². The van der Waals surface area contributed by atoms with Crippen molar-refractivity contribution in [1.29, 1.82) is 0 Å². The Hall–Kier alpha value is -3.41. The maximum Gasteiger partial charge on any atom is 0.272 e. The highest BCUT2D eigenvalue weighted by molar-refractivity contribution is 5.92. The summed E-state index contributed by atoms with van der Waals surface area (Å²) in [5.74, 6) is 1.01. The first-order chi connectivity index (χ1) is 13.5. The first-order valence-corrected chi connectivity index (χ1v) is 9.17. The van der Waals surface area contributed by atoms with Gasteiger partial charge in [0.1, 0.15) is 11.4 Å². The molecule has 0 aliphatic heterocycles. The van der Waals surface area contributed by atoms with Crippen LogP contribution in [-0.2, 0) is 6.54 Å². The molecular weight excluding hydrogens is 352 g/mol. The minimum atomic E-state index is -0.157. The normalized spacial score (nSPS) is 10.6. The third kappa shape index (κ3) is 5.30. The summed E-state index contributed by atoms with van der Waals surface area (Å²) in [6.07, 6.45) is 1.70. The number of benzene rings is 2. The zero-order valence-electron chi connectivity index (χ0n) is 16.3. The zero-order chi connectivity index (χ0) is 19.9. The number of carbonyl (C=O) groups excluding carboxylic acids is 1. The van der Waals surface area contributed by atoms with Gasteiger partial charge in [0.2, 0.25) is 5.95 Å². The molecule has 0 radical (unpaired) electrons. The molecule has 6 heteroatoms. The lowest BCUT2D eigenvalue weighted by Gasteiger charge is -2.17. The Bertz CT molecular complexity index is 911. The molecule has 0 spiro atoms. The highest BCUT2D eigenvalue weighted by Crippen LogP contribution is 2.19. The van der Waals surface area contributed by atoms with E-state index < -0.39 is 0 Å². The van der Waals surface area contributed by atoms with Crippen molar-refractivity contribution in [3.63, 3.8) is 0 Å². The smallest absolute Gasteiger partial charge is 0.272 e. The molecule has 0 saturated carbocycles. The van der Waals surface area contributed by atoms with Crippen LogP contribution in [0.25, 0.3) is 0 Å². The van der Waals surface area contributed by atoms with E-state index in [0.717, 1.165) is 17.0 Å². The molecule has 0 aliphatic rings. The Morgan fingerprint density at radius 3 is 2.46 bits per heavy atom. The number of hydrogen-bond acceptors (Lipinski definition) is 5. The molecule has 0 atom stereocenters. The molecule has 144 valence electrons. The molecule has 0 unspecified atom stereocenters. The summed E-state index contributed by atoms with van der Waals surface area (Å²) >= 11 is 0. The van der Waals surface area contributed by atoms with Gasteiger partial charge in [0.15, 0.2) is 0 Å². The van der Waals surface area contributed by atoms with E-state index in [0.29, 0.717) is 18.2 Å². The second-order valence-electron chi connectivity index (χ2n) is 6.73. The number of hydrogen-bond donors (Lipinski definition) is 1. The summed E-state index contributed by atoms with van der Waals surface area (Å²) in [5, 5.41) is 3.12. The fourth-order valence-electron chi connectivity index (χ4n) is 2.68. The molecule has 6 nitrogen and oxygen atoms in total. The Balaban J connectivity index is 1.67. The van der Waals surface area contributed by atoms with Crippen molar-refractivity contribution < 1.29 is 9.53 Å². The monoisotopic (exact) mass is 376 g/mol. The van der Waals surface area contributed by atoms with Crippen molar-refractivity contribution in [1.82, 2.24) is 14.9 Å². The molecular formula is C22H24N4O2. The average molecular weight is 376 g/mol. The Morgan fingerprint density at radius 1 is 1.07 bits per heavy atom. The van der Waals surface area contributed by atoms with Crippen LogP contribution in [-0.4, -0.2) is 33.9 Å². The van der Waals surface area contributed by atoms with E-state index in [4.69, 9.17) is 4.74 Å². The Morgan fingerprint density at radius 2 is 1.79 bits per heavy atom. The maximum absolute atomic E-state index is 12.7. The van der Waals surface area contributed by atoms with Gasteiger partial charge in [-0.25, -0.2) is 9.97 Å². The van der Waals surface area contributed by atoms with Crippen LogP contribution < -0.4 is 10.1 Å². The maximum atomic E-state index is 12.7. The molecule has 0 bridgehead atoms. The van der Waals surface area contributed by atoms with Crippen molar-refractivity contribution in [2.45, 2.75) is 26.5 Å². The fourth-order valence-corrected chi connectivity index (χ4v) is 2.68. The molecule has 0 fully saturated rings. The van der Waals surface area contributed by atoms with Gasteiger partial charge in [-0.15, -0.1) is 0 Å². The van der Waals surface area contributed by atoms with Crippen molar-refractivity contribution in [2.75, 3.05) is 12.4 Å². The molecule has 1 amide bonds. The van der Waals surface area contributed by atoms with Gasteiger partial charge < -0.3 is 15.0 Å². The van der Waals surface area contributed by atoms with Crippen molar-refractivity contribution >= 4 is 17.5 Å². The number of rotatable bonds is 7. The third-order valence-corrected chi connectivity index (χ3v) is 3.97. The first kappa shape index (κ1) is 19.4. The molecule has 1 N–H and O–H groups in total. The minimum absolute atomic E-state index is 0.123. The van der Waals surface area contributed by atoms with E-state index in [9.17, 15) is 4.79 Å². The van der Waals surface area contributed by atoms with E-state index in [1.165, 1.54) is 0 Å². The average Bonchev–Trinajstić information content (AvgIpc) is 2.69. The number of nitrogens with one attached hydrogen (secondary N) is 1. The molecule has 3 rings (SSSR count). The Labute approximate surface area is 165 Å². The first-order valence-electron chi connectivity index (χ1n) is 9.17. The van der Waals surface area contributed by atoms with E-state index in [-0.39, 0.29) is 12.0 Å². The van der Waals surface area contributed by atoms with Crippen LogP contribution >= 0.6 is 0 Å². The Kier molecular flexibility index (Phi) is 6.22. The van der Waals surface area contributed by atoms with Gasteiger partial charge in [0, 0.05) is 25.5 Å². The SMILES string of the molecule is CC(C)Oc1ccc(Nc2nccc(C(=O)N(C)Cc3ccccc3)n2)cc1. The topological polar surface area (TPSA) is 67.3 Å². The number of anilines is 2. The van der Waals surface area contributed by atoms with Gasteiger partial charge in [0.05, 0.1) is 6.10 Å². The molecule has 3 aromatic rings. The minimum Gasteiger partial charge on any atom is -0.491 e. The highest BCUT2D eigenvalue weighted by Gasteiger charge is 2.14. The van der Waals surface area contributed by atoms with Crippen molar-refractivity contribution in [3.05, 3.63) is 78.1 Å². The van der Waals surface area contributed by atoms with Crippen LogP contribution in [0.15, 0.2) is 66.9 Å². The predicted molar refractivity (Wildman–Crippen MR) is 110 cm³/mol. The molecule has 28 heavy (non-hydrogen) atoms. The number of nitrogens with zero attached hydrogens (tertiary/aromatic N) is 3. The van der Waals surface area contributed by atoms with Gasteiger partial charge in [-0.1, -0.05) is 30.3 Å². The highest BCUT2D eigenvalue weighted by atomic mass is 16.5. The van der Waals surface area contributed by atoms with Gasteiger partial charge in [-0.3, -0.25) is 4.79 Å². The second-order valence-corrected chi connectivity index (χ2v) is 6.73. The zero-order valence-corrected chi connectivity index (χ0v) is 16.3. The standard InChI is InChI=1S/C22H24N4O2/c1-16(2)28-19-11-9-18(10-12-19)24-22-23-14-13-20(25-22)21(27)26(3)15-17-7-5-4-6-8-17/h4-14,16H,15H2,1-3H3,(H,23,24,25). The van der Waals surface area contributed by atoms with E-state index in [2.05, 4.69) is 15.3 Å². The lowest BCUT2D eigenvalue weighted by molar-refractivity contribution is 0.0779. The summed E-state index contributed by atoms with van der Waals surface area (Å²) in [7, 11) is 1.76. The quantitative estimate of drug-likeness (QED) is 0.667. The largest absolute Gasteiger partial charge is 0.491 e. The molecule has 1 heterocycles. The fraction of sp³-hybridized carbons (Fsp3) is 0.227. The third-order valence-electron chi connectivity index (χ3n) is 3.97. The van der Waals surface area contributed by atoms with Crippen molar-refractivity contribution in [2.24, 2.45) is 0 Å². The summed E-state index contributed by atoms with van der Waals surface area (Å²) < 4.78 is 5.64. The van der Waals surface area contributed by atoms with Crippen LogP contribution in [0.5, 0.6) is 5.75 Å². The van der Waals surface area contributed by atoms with Gasteiger partial charge in [0.25, 0.3) is 5.91 Å². The second kappa shape index (κ2) is 8.99. The van der Waals surface area contributed by atoms with Crippen LogP contribution in [0, 0.1) is 0 Å². The summed E-state index contributed by atoms with van der Waals surface area (Å²) in [5.41, 5.74) is 2.23. The van der Waals surface area contributed by atoms with Crippen LogP contribution in [0.4, 0.5) is 11.6 Å². The van der Waals surface area contributed by atoms with E-state index >= 15 is 0 Å². The van der Waals surface area contributed by atoms with Gasteiger partial charge >= 0.3 is 0 Å². The van der Waals surface area contributed by atoms with E-state index in [1.54, 1.807) is 24.2 Å². The number of aromatic nitrogens is 2. The molecule has 2 aromatic carbocycles. The van der Waals surface area contributed by atoms with Gasteiger partial charge in [-0.05, 0) is 49.7 Å². The molecule has 0 aliphatic carbocycles. The van der Waals surface area contributed by atoms with Crippen molar-refractivity contribution in [3.8, 4) is 5.75 Å². The summed E-state index contributed by atoms with van der Waals surface area (Å²) in [6, 6.07) is 19.0.